The van der Waals surface area contributed by atoms with Crippen LogP contribution >= 0.6 is 15.9 Å². The van der Waals surface area contributed by atoms with Gasteiger partial charge >= 0.3 is 0 Å². The number of rotatable bonds is 3. The Bertz CT molecular complexity index is 571. The van der Waals surface area contributed by atoms with Crippen molar-refractivity contribution in [2.45, 2.75) is 25.5 Å². The Balaban J connectivity index is 1.65. The normalized spacial score (nSPS) is 17.0. The van der Waals surface area contributed by atoms with Gasteiger partial charge in [-0.15, -0.1) is 0 Å². The zero-order valence-electron chi connectivity index (χ0n) is 12.0. The van der Waals surface area contributed by atoms with Gasteiger partial charge in [0, 0.05) is 24.1 Å². The van der Waals surface area contributed by atoms with Crippen LogP contribution in [0, 0.1) is 0 Å². The molecule has 21 heavy (non-hydrogen) atoms. The van der Waals surface area contributed by atoms with Crippen LogP contribution in [0.1, 0.15) is 18.4 Å². The summed E-state index contributed by atoms with van der Waals surface area (Å²) in [7, 11) is 0. The zero-order chi connectivity index (χ0) is 14.7. The van der Waals surface area contributed by atoms with E-state index in [4.69, 9.17) is 0 Å². The monoisotopic (exact) mass is 345 g/mol. The van der Waals surface area contributed by atoms with Crippen molar-refractivity contribution in [3.05, 3.63) is 58.6 Å². The van der Waals surface area contributed by atoms with E-state index in [-0.39, 0.29) is 6.10 Å². The van der Waals surface area contributed by atoms with Crippen molar-refractivity contribution in [3.8, 4) is 11.1 Å². The molecule has 1 N–H and O–H groups in total. The fraction of sp³-hybridized carbons (Fsp3) is 0.333. The molecule has 0 atom stereocenters. The van der Waals surface area contributed by atoms with Gasteiger partial charge in [-0.1, -0.05) is 52.3 Å². The lowest BCUT2D eigenvalue weighted by atomic mass is 10.0. The molecular weight excluding hydrogens is 326 g/mol. The van der Waals surface area contributed by atoms with Crippen molar-refractivity contribution in [1.82, 2.24) is 4.90 Å². The predicted octanol–water partition coefficient (Wildman–Crippen LogP) is 4.07. The first-order chi connectivity index (χ1) is 10.2. The molecule has 0 aromatic heterocycles. The van der Waals surface area contributed by atoms with E-state index in [1.807, 2.05) is 0 Å². The Labute approximate surface area is 134 Å². The van der Waals surface area contributed by atoms with Crippen molar-refractivity contribution < 1.29 is 5.11 Å². The maximum absolute atomic E-state index is 9.54. The largest absolute Gasteiger partial charge is 0.393 e. The minimum Gasteiger partial charge on any atom is -0.393 e. The third-order valence-electron chi connectivity index (χ3n) is 4.09. The number of likely N-dealkylation sites (tertiary alicyclic amines) is 1. The second kappa shape index (κ2) is 6.73. The number of hydrogen-bond donors (Lipinski definition) is 1. The Morgan fingerprint density at radius 1 is 0.905 bits per heavy atom. The number of nitrogens with zero attached hydrogens (tertiary/aromatic N) is 1. The van der Waals surface area contributed by atoms with Crippen molar-refractivity contribution in [3.63, 3.8) is 0 Å². The molecule has 1 aliphatic heterocycles. The first-order valence-electron chi connectivity index (χ1n) is 7.46. The van der Waals surface area contributed by atoms with Gasteiger partial charge in [-0.25, -0.2) is 0 Å². The molecular formula is C18H20BrNO. The summed E-state index contributed by atoms with van der Waals surface area (Å²) in [5, 5.41) is 9.54. The number of piperidine rings is 1. The van der Waals surface area contributed by atoms with Crippen molar-refractivity contribution >= 4 is 15.9 Å². The second-order valence-electron chi connectivity index (χ2n) is 5.71. The molecule has 0 spiro atoms. The zero-order valence-corrected chi connectivity index (χ0v) is 13.6. The summed E-state index contributed by atoms with van der Waals surface area (Å²) in [5.74, 6) is 0. The van der Waals surface area contributed by atoms with Crippen LogP contribution in [0.5, 0.6) is 0 Å². The number of hydrogen-bond acceptors (Lipinski definition) is 2. The molecule has 0 aliphatic carbocycles. The van der Waals surface area contributed by atoms with E-state index in [1.165, 1.54) is 16.7 Å². The molecule has 0 bridgehead atoms. The van der Waals surface area contributed by atoms with Crippen LogP contribution in [-0.2, 0) is 6.54 Å². The maximum Gasteiger partial charge on any atom is 0.0564 e. The summed E-state index contributed by atoms with van der Waals surface area (Å²) in [5.41, 5.74) is 3.83. The van der Waals surface area contributed by atoms with Gasteiger partial charge in [0.15, 0.2) is 0 Å². The van der Waals surface area contributed by atoms with Crippen LogP contribution < -0.4 is 0 Å². The van der Waals surface area contributed by atoms with E-state index in [9.17, 15) is 5.11 Å². The Hall–Kier alpha value is -1.16. The number of benzene rings is 2. The summed E-state index contributed by atoms with van der Waals surface area (Å²) in [6, 6.07) is 17.2. The summed E-state index contributed by atoms with van der Waals surface area (Å²) in [4.78, 5) is 2.42. The van der Waals surface area contributed by atoms with Gasteiger partial charge in [-0.3, -0.25) is 4.90 Å². The van der Waals surface area contributed by atoms with Crippen molar-refractivity contribution in [2.75, 3.05) is 13.1 Å². The molecule has 1 fully saturated rings. The smallest absolute Gasteiger partial charge is 0.0564 e. The lowest BCUT2D eigenvalue weighted by Crippen LogP contribution is -2.35. The highest BCUT2D eigenvalue weighted by atomic mass is 79.9. The Morgan fingerprint density at radius 3 is 2.00 bits per heavy atom. The quantitative estimate of drug-likeness (QED) is 0.906. The molecule has 0 saturated carbocycles. The van der Waals surface area contributed by atoms with E-state index in [1.54, 1.807) is 0 Å². The summed E-state index contributed by atoms with van der Waals surface area (Å²) in [6.07, 6.45) is 1.70. The molecule has 3 rings (SSSR count). The van der Waals surface area contributed by atoms with Crippen LogP contribution in [0.25, 0.3) is 11.1 Å². The highest BCUT2D eigenvalue weighted by Gasteiger charge is 2.16. The number of aliphatic hydroxyl groups excluding tert-OH is 1. The van der Waals surface area contributed by atoms with Crippen molar-refractivity contribution in [2.24, 2.45) is 0 Å². The molecule has 0 amide bonds. The molecule has 1 saturated heterocycles. The molecule has 3 heteroatoms. The molecule has 2 aromatic rings. The van der Waals surface area contributed by atoms with E-state index >= 15 is 0 Å². The maximum atomic E-state index is 9.54. The molecule has 0 radical (unpaired) electrons. The van der Waals surface area contributed by atoms with Crippen LogP contribution in [0.15, 0.2) is 53.0 Å². The molecule has 2 nitrogen and oxygen atoms in total. The predicted molar refractivity (Wildman–Crippen MR) is 90.1 cm³/mol. The van der Waals surface area contributed by atoms with Crippen LogP contribution in [0.3, 0.4) is 0 Å². The van der Waals surface area contributed by atoms with Gasteiger partial charge < -0.3 is 5.11 Å². The SMILES string of the molecule is OC1CCN(Cc2ccc(-c3ccc(Br)cc3)cc2)CC1. The van der Waals surface area contributed by atoms with Crippen molar-refractivity contribution in [1.29, 1.82) is 0 Å². The Morgan fingerprint density at radius 2 is 1.43 bits per heavy atom. The van der Waals surface area contributed by atoms with Crippen LogP contribution in [0.4, 0.5) is 0 Å². The number of halogens is 1. The first-order valence-corrected chi connectivity index (χ1v) is 8.25. The highest BCUT2D eigenvalue weighted by molar-refractivity contribution is 9.10. The topological polar surface area (TPSA) is 23.5 Å². The fourth-order valence-corrected chi connectivity index (χ4v) is 3.04. The lowest BCUT2D eigenvalue weighted by molar-refractivity contribution is 0.0792. The average molecular weight is 346 g/mol. The van der Waals surface area contributed by atoms with E-state index in [0.717, 1.165) is 36.9 Å². The second-order valence-corrected chi connectivity index (χ2v) is 6.63. The van der Waals surface area contributed by atoms with Gasteiger partial charge in [0.05, 0.1) is 6.10 Å². The average Bonchev–Trinajstić information content (AvgIpc) is 2.51. The molecule has 110 valence electrons. The fourth-order valence-electron chi connectivity index (χ4n) is 2.78. The van der Waals surface area contributed by atoms with E-state index in [2.05, 4.69) is 69.4 Å². The Kier molecular flexibility index (Phi) is 4.73. The standard InChI is InChI=1S/C18H20BrNO/c19-17-7-5-16(6-8-17)15-3-1-14(2-4-15)13-20-11-9-18(21)10-12-20/h1-8,18,21H,9-13H2. The van der Waals surface area contributed by atoms with Crippen LogP contribution in [0.2, 0.25) is 0 Å². The summed E-state index contributed by atoms with van der Waals surface area (Å²) < 4.78 is 1.11. The minimum atomic E-state index is -0.0963. The van der Waals surface area contributed by atoms with Gasteiger partial charge in [0.2, 0.25) is 0 Å². The summed E-state index contributed by atoms with van der Waals surface area (Å²) >= 11 is 3.47. The van der Waals surface area contributed by atoms with E-state index < -0.39 is 0 Å². The van der Waals surface area contributed by atoms with Gasteiger partial charge in [0.25, 0.3) is 0 Å². The minimum absolute atomic E-state index is 0.0963. The molecule has 0 unspecified atom stereocenters. The third-order valence-corrected chi connectivity index (χ3v) is 4.62. The third kappa shape index (κ3) is 3.94. The number of aliphatic hydroxyl groups is 1. The molecule has 1 heterocycles. The first kappa shape index (κ1) is 14.8. The van der Waals surface area contributed by atoms with Gasteiger partial charge in [0.1, 0.15) is 0 Å². The van der Waals surface area contributed by atoms with Gasteiger partial charge in [-0.2, -0.15) is 0 Å². The lowest BCUT2D eigenvalue weighted by Gasteiger charge is -2.29. The molecule has 1 aliphatic rings. The highest BCUT2D eigenvalue weighted by Crippen LogP contribution is 2.23. The van der Waals surface area contributed by atoms with Crippen LogP contribution in [-0.4, -0.2) is 29.2 Å². The summed E-state index contributed by atoms with van der Waals surface area (Å²) in [6.45, 7) is 2.97. The van der Waals surface area contributed by atoms with E-state index in [0.29, 0.717) is 0 Å². The molecule has 2 aromatic carbocycles. The van der Waals surface area contributed by atoms with Gasteiger partial charge in [-0.05, 0) is 41.7 Å².